The van der Waals surface area contributed by atoms with E-state index in [9.17, 15) is 66.3 Å². The molecule has 392 valence electrons. The molecule has 0 fully saturated rings. The van der Waals surface area contributed by atoms with E-state index in [0.717, 1.165) is 36.4 Å². The van der Waals surface area contributed by atoms with Gasteiger partial charge < -0.3 is 55.0 Å². The molecule has 1 aliphatic carbocycles. The van der Waals surface area contributed by atoms with Gasteiger partial charge in [0.05, 0.1) is 49.6 Å². The molecule has 2 heterocycles. The Labute approximate surface area is 523 Å². The summed E-state index contributed by atoms with van der Waals surface area (Å²) in [6, 6.07) is 5.61. The van der Waals surface area contributed by atoms with Crippen LogP contribution < -0.4 is 142 Å². The molecule has 0 aliphatic heterocycles. The minimum atomic E-state index is -5.82. The van der Waals surface area contributed by atoms with E-state index in [1.54, 1.807) is 0 Å². The fraction of sp³-hybridized carbons (Fsp3) is 0.167. The van der Waals surface area contributed by atoms with Gasteiger partial charge in [-0.2, -0.15) is 35.0 Å². The van der Waals surface area contributed by atoms with Gasteiger partial charge in [0.1, 0.15) is 57.6 Å². The molecule has 0 spiro atoms. The van der Waals surface area contributed by atoms with Crippen molar-refractivity contribution in [2.75, 3.05) is 72.9 Å². The number of benzene rings is 3. The molecule has 0 atom stereocenters. The summed E-state index contributed by atoms with van der Waals surface area (Å²) in [5.74, 6) is -3.36. The third-order valence-electron chi connectivity index (χ3n) is 9.56. The van der Waals surface area contributed by atoms with E-state index >= 15 is 0 Å². The minimum absolute atomic E-state index is 0. The molecule has 1 aliphatic rings. The van der Waals surface area contributed by atoms with Gasteiger partial charge >= 0.3 is 99.8 Å². The molecule has 0 bridgehead atoms. The number of halogens is 2. The number of ketones is 1. The summed E-state index contributed by atoms with van der Waals surface area (Å²) in [7, 11) is -16.8. The van der Waals surface area contributed by atoms with Crippen LogP contribution in [0.2, 0.25) is 10.6 Å². The normalized spacial score (nSPS) is 13.0. The van der Waals surface area contributed by atoms with E-state index in [0.29, 0.717) is 12.1 Å². The number of allylic oxidation sites excluding steroid dienone is 1. The minimum Gasteiger partial charge on any atom is -0.744 e. The Kier molecular flexibility index (Phi) is 23.2. The van der Waals surface area contributed by atoms with Crippen LogP contribution in [-0.4, -0.2) is 146 Å². The number of amides is 2. The molecule has 7 N–H and O–H groups in total. The summed E-state index contributed by atoms with van der Waals surface area (Å²) >= 11 is 12.1. The average Bonchev–Trinajstić information content (AvgIpc) is 3.28. The van der Waals surface area contributed by atoms with E-state index in [4.69, 9.17) is 28.9 Å². The Morgan fingerprint density at radius 2 is 1.14 bits per heavy atom. The number of aromatic nitrogens is 6. The number of anilines is 8. The van der Waals surface area contributed by atoms with E-state index in [1.807, 2.05) is 5.43 Å². The van der Waals surface area contributed by atoms with Crippen molar-refractivity contribution in [2.24, 2.45) is 15.3 Å². The first-order valence-electron chi connectivity index (χ1n) is 19.7. The fourth-order valence-electron chi connectivity index (χ4n) is 6.22. The number of hydrogen-bond donors (Lipinski definition) is 6. The number of Topliss-reactive ketones (excluding diaryl/α,β-unsaturated/α-hetero) is 1. The van der Waals surface area contributed by atoms with Crippen molar-refractivity contribution in [3.63, 3.8) is 0 Å². The number of hydrogen-bond acceptors (Lipinski definition) is 30. The Morgan fingerprint density at radius 3 is 1.60 bits per heavy atom. The molecular formula is C36H31Cl2KLiN17NaO15S4-. The zero-order chi connectivity index (χ0) is 54.8. The zero-order valence-electron chi connectivity index (χ0n) is 40.5. The summed E-state index contributed by atoms with van der Waals surface area (Å²) in [5, 5.41) is 20.2. The van der Waals surface area contributed by atoms with Gasteiger partial charge in [-0.1, -0.05) is 0 Å². The third-order valence-corrected chi connectivity index (χ3v) is 13.4. The number of nitrogens with one attached hydrogen (secondary N) is 5. The van der Waals surface area contributed by atoms with Gasteiger partial charge in [0.2, 0.25) is 52.0 Å². The van der Waals surface area contributed by atoms with E-state index in [1.165, 1.54) is 38.0 Å². The number of azo groups is 1. The predicted molar refractivity (Wildman–Crippen MR) is 256 cm³/mol. The zero-order valence-corrected chi connectivity index (χ0v) is 50.4. The van der Waals surface area contributed by atoms with E-state index in [2.05, 4.69) is 66.5 Å². The molecule has 0 saturated heterocycles. The van der Waals surface area contributed by atoms with Crippen molar-refractivity contribution in [2.45, 2.75) is 14.7 Å². The van der Waals surface area contributed by atoms with Gasteiger partial charge in [-0.3, -0.25) is 19.8 Å². The van der Waals surface area contributed by atoms with E-state index in [-0.39, 0.29) is 159 Å². The van der Waals surface area contributed by atoms with Gasteiger partial charge in [-0.25, -0.2) is 33.7 Å². The van der Waals surface area contributed by atoms with E-state index < -0.39 is 117 Å². The van der Waals surface area contributed by atoms with Crippen LogP contribution in [0, 0.1) is 0 Å². The smallest absolute Gasteiger partial charge is 0.744 e. The number of nitrogens with two attached hydrogens (primary N) is 1. The van der Waals surface area contributed by atoms with Crippen molar-refractivity contribution >= 4 is 151 Å². The van der Waals surface area contributed by atoms with Gasteiger partial charge in [0.25, 0.3) is 0 Å². The molecule has 32 nitrogen and oxygen atoms in total. The molecule has 41 heteroatoms. The largest absolute Gasteiger partial charge is 1.00 e. The van der Waals surface area contributed by atoms with Crippen LogP contribution in [-0.2, 0) is 50.1 Å². The number of likely N-dealkylation sites (N-methyl/N-ethyl adjacent to an activating group) is 4. The Balaban J connectivity index is 0.00000520. The van der Waals surface area contributed by atoms with Crippen molar-refractivity contribution in [3.8, 4) is 0 Å². The molecule has 5 aromatic rings. The standard InChI is InChI=1S/C36H35Cl2N17O15S4.K.Li.Na/c1-40-24(56)13-54(3)35-46-31(37)44-33(48-35)42-16-5-7-20(71(59,60)61)18(11-16)50-52-28-22(73(65,66)67)9-15-10-23(74(68,69)70)29(30(58)26(15)27(28)39)53-51-19-12-17(6-8-21(19)72(62,63)64)43-34-45-32(38)47-36(49-34)55(4)14-25(57)41-2;;;/h5-12,51H,13-14,39H2,1-4H3,(H,40,56)(H,41,57)(H,59,60,61)(H,62,63,64)(H,65,66,67)(H,68,69,70)(H,42,44,46,48)(H,43,45,47,49);;;/q;3*+1/p-4/b52-50?,53-29+;;;. The number of hydrazone groups is 1. The number of nitrogens with zero attached hydrogens (tertiary/aromatic N) is 11. The number of nitrogen functional groups attached to an aromatic ring is 1. The molecule has 0 radical (unpaired) electrons. The van der Waals surface area contributed by atoms with Gasteiger partial charge in [-0.15, -0.1) is 10.2 Å². The molecule has 0 saturated carbocycles. The third kappa shape index (κ3) is 16.8. The van der Waals surface area contributed by atoms with Gasteiger partial charge in [0, 0.05) is 39.6 Å². The van der Waals surface area contributed by atoms with Crippen LogP contribution in [0.25, 0.3) is 6.08 Å². The number of fused-ring (bicyclic) bond motifs is 1. The quantitative estimate of drug-likeness (QED) is 0.0156. The maximum atomic E-state index is 14.2. The first-order chi connectivity index (χ1) is 34.4. The van der Waals surface area contributed by atoms with Crippen LogP contribution in [0.3, 0.4) is 0 Å². The molecule has 2 amide bonds. The fourth-order valence-corrected chi connectivity index (χ4v) is 9.04. The summed E-state index contributed by atoms with van der Waals surface area (Å²) in [6.45, 7) is -0.465. The number of rotatable bonds is 18. The molecule has 77 heavy (non-hydrogen) atoms. The second kappa shape index (κ2) is 26.7. The first-order valence-corrected chi connectivity index (χ1v) is 26.1. The molecule has 6 rings (SSSR count). The van der Waals surface area contributed by atoms with Gasteiger partial charge in [0.15, 0.2) is 0 Å². The Hall–Kier alpha value is -4.45. The van der Waals surface area contributed by atoms with Crippen LogP contribution >= 0.6 is 23.2 Å². The summed E-state index contributed by atoms with van der Waals surface area (Å²) in [5.41, 5.74) is 0.992. The average molecular weight is 1210 g/mol. The number of carbonyl (C=O) groups is 3. The Morgan fingerprint density at radius 1 is 0.675 bits per heavy atom. The topological polar surface area (TPSA) is 487 Å². The van der Waals surface area contributed by atoms with Crippen LogP contribution in [0.4, 0.5) is 57.9 Å². The van der Waals surface area contributed by atoms with Crippen molar-refractivity contribution in [1.82, 2.24) is 40.5 Å². The van der Waals surface area contributed by atoms with Gasteiger partial charge in [-0.05, 0) is 77.3 Å². The maximum absolute atomic E-state index is 14.2. The summed E-state index contributed by atoms with van der Waals surface area (Å²) in [4.78, 5) is 59.4. The predicted octanol–water partition coefficient (Wildman–Crippen LogP) is -8.51. The molecule has 2 aromatic heterocycles. The monoisotopic (exact) mass is 1210 g/mol. The first kappa shape index (κ1) is 66.8. The second-order valence-corrected chi connectivity index (χ2v) is 20.8. The van der Waals surface area contributed by atoms with Crippen LogP contribution in [0.15, 0.2) is 77.4 Å². The van der Waals surface area contributed by atoms with Crippen LogP contribution in [0.1, 0.15) is 15.9 Å². The van der Waals surface area contributed by atoms with Crippen molar-refractivity contribution < 1.29 is 166 Å². The Bertz CT molecular complexity index is 3760. The summed E-state index contributed by atoms with van der Waals surface area (Å²) < 4.78 is 150. The number of carbonyl (C=O) groups excluding carboxylic acids is 3. The molecule has 3 aromatic carbocycles. The SMILES string of the molecule is CNC(=O)CN(C)c1nc(Cl)nc(Nc2ccc(S(=O)(=O)[O-])c(N=Nc3c(S(=O)(=O)[O-])cc4c(c3N)C(=O)/C(=N/Nc3cc(Nc5nc(Cl)nc(N(C)CC(=O)NC)n5)ccc3S(=O)(=O)[O-])C(S(=O)(=O)[O-])=C4)c2)n1.[K+].[Li+].[Na+]. The second-order valence-electron chi connectivity index (χ2n) is 14.7. The van der Waals surface area contributed by atoms with Crippen molar-refractivity contribution in [1.29, 1.82) is 0 Å². The van der Waals surface area contributed by atoms with Crippen molar-refractivity contribution in [3.05, 3.63) is 69.1 Å². The maximum Gasteiger partial charge on any atom is 1.00 e. The van der Waals surface area contributed by atoms with Crippen LogP contribution in [0.5, 0.6) is 0 Å². The molecular weight excluding hydrogens is 1180 g/mol. The summed E-state index contributed by atoms with van der Waals surface area (Å²) in [6.07, 6.45) is 0.379. The molecule has 0 unspecified atom stereocenters.